The van der Waals surface area contributed by atoms with Crippen molar-refractivity contribution in [3.05, 3.63) is 84.6 Å². The van der Waals surface area contributed by atoms with Crippen molar-refractivity contribution in [2.75, 3.05) is 4.90 Å². The average molecular weight is 343 g/mol. The number of hydrogen-bond acceptors (Lipinski definition) is 2. The molecule has 124 valence electrons. The van der Waals surface area contributed by atoms with Gasteiger partial charge in [0.2, 0.25) is 0 Å². The fraction of sp³-hybridized carbons (Fsp3) is 0.130. The maximum Gasteiger partial charge on any atom is 0.0465 e. The topological polar surface area (TPSA) is 3.24 Å². The summed E-state index contributed by atoms with van der Waals surface area (Å²) in [6.07, 6.45) is 3.21. The molecule has 1 nitrogen and oxygen atoms in total. The molecule has 1 aromatic heterocycles. The van der Waals surface area contributed by atoms with Crippen LogP contribution in [0.4, 0.5) is 11.4 Å². The van der Waals surface area contributed by atoms with Gasteiger partial charge in [0.1, 0.15) is 0 Å². The Morgan fingerprint density at radius 2 is 1.56 bits per heavy atom. The summed E-state index contributed by atoms with van der Waals surface area (Å²) in [6, 6.07) is 26.1. The van der Waals surface area contributed by atoms with E-state index in [4.69, 9.17) is 0 Å². The van der Waals surface area contributed by atoms with Crippen molar-refractivity contribution in [2.24, 2.45) is 0 Å². The van der Waals surface area contributed by atoms with E-state index in [-0.39, 0.29) is 0 Å². The van der Waals surface area contributed by atoms with Crippen LogP contribution in [0, 0.1) is 0 Å². The van der Waals surface area contributed by atoms with Crippen LogP contribution in [0.1, 0.15) is 20.3 Å². The number of thiophene rings is 1. The van der Waals surface area contributed by atoms with Gasteiger partial charge < -0.3 is 4.90 Å². The highest BCUT2D eigenvalue weighted by molar-refractivity contribution is 7.25. The smallest absolute Gasteiger partial charge is 0.0465 e. The third-order valence-electron chi connectivity index (χ3n) is 4.62. The molecule has 25 heavy (non-hydrogen) atoms. The van der Waals surface area contributed by atoms with Crippen LogP contribution in [-0.4, -0.2) is 0 Å². The van der Waals surface area contributed by atoms with Crippen LogP contribution in [-0.2, 0) is 0 Å². The summed E-state index contributed by atoms with van der Waals surface area (Å²) in [5.41, 5.74) is 3.73. The second-order valence-corrected chi connectivity index (χ2v) is 7.17. The number of benzene rings is 3. The summed E-state index contributed by atoms with van der Waals surface area (Å²) < 4.78 is 2.69. The van der Waals surface area contributed by atoms with Crippen molar-refractivity contribution in [3.63, 3.8) is 0 Å². The summed E-state index contributed by atoms with van der Waals surface area (Å²) >= 11 is 1.86. The first kappa shape index (κ1) is 15.9. The Bertz CT molecular complexity index is 1040. The van der Waals surface area contributed by atoms with Gasteiger partial charge in [-0.1, -0.05) is 49.4 Å². The van der Waals surface area contributed by atoms with Crippen molar-refractivity contribution in [1.82, 2.24) is 0 Å². The first-order valence-corrected chi connectivity index (χ1v) is 9.55. The normalized spacial score (nSPS) is 12.0. The average Bonchev–Trinajstić information content (AvgIpc) is 3.04. The minimum absolute atomic E-state index is 0.994. The molecule has 3 aromatic carbocycles. The van der Waals surface area contributed by atoms with Crippen molar-refractivity contribution < 1.29 is 0 Å². The van der Waals surface area contributed by atoms with Gasteiger partial charge in [0, 0.05) is 37.2 Å². The largest absolute Gasteiger partial charge is 0.315 e. The van der Waals surface area contributed by atoms with Crippen molar-refractivity contribution >= 4 is 42.9 Å². The van der Waals surface area contributed by atoms with Gasteiger partial charge in [0.25, 0.3) is 0 Å². The lowest BCUT2D eigenvalue weighted by molar-refractivity contribution is 1.01. The molecule has 0 radical (unpaired) electrons. The minimum Gasteiger partial charge on any atom is -0.315 e. The highest BCUT2D eigenvalue weighted by Crippen LogP contribution is 2.38. The first-order chi connectivity index (χ1) is 12.3. The Labute approximate surface area is 152 Å². The first-order valence-electron chi connectivity index (χ1n) is 8.73. The molecule has 0 spiro atoms. The molecule has 4 rings (SSSR count). The molecule has 4 aromatic rings. The van der Waals surface area contributed by atoms with Crippen LogP contribution in [0.2, 0.25) is 0 Å². The lowest BCUT2D eigenvalue weighted by Crippen LogP contribution is -2.15. The Morgan fingerprint density at radius 3 is 2.32 bits per heavy atom. The zero-order valence-electron chi connectivity index (χ0n) is 14.6. The highest BCUT2D eigenvalue weighted by atomic mass is 32.1. The van der Waals surface area contributed by atoms with Crippen LogP contribution < -0.4 is 4.90 Å². The summed E-state index contributed by atoms with van der Waals surface area (Å²) in [7, 11) is 0. The number of anilines is 2. The predicted molar refractivity (Wildman–Crippen MR) is 112 cm³/mol. The van der Waals surface area contributed by atoms with E-state index >= 15 is 0 Å². The molecule has 0 unspecified atom stereocenters. The Balaban J connectivity index is 1.93. The third kappa shape index (κ3) is 2.83. The molecule has 0 N–H and O–H groups in total. The second kappa shape index (κ2) is 6.73. The van der Waals surface area contributed by atoms with Crippen LogP contribution in [0.25, 0.3) is 20.2 Å². The van der Waals surface area contributed by atoms with Crippen LogP contribution >= 0.6 is 11.3 Å². The molecule has 0 bridgehead atoms. The molecule has 0 saturated heterocycles. The Hall–Kier alpha value is -2.58. The van der Waals surface area contributed by atoms with Crippen LogP contribution in [0.3, 0.4) is 0 Å². The van der Waals surface area contributed by atoms with E-state index in [1.54, 1.807) is 0 Å². The van der Waals surface area contributed by atoms with Gasteiger partial charge in [-0.2, -0.15) is 0 Å². The number of rotatable bonds is 4. The van der Waals surface area contributed by atoms with E-state index in [9.17, 15) is 0 Å². The van der Waals surface area contributed by atoms with Gasteiger partial charge in [0.15, 0.2) is 0 Å². The Kier molecular flexibility index (Phi) is 4.29. The number of hydrogen-bond donors (Lipinski definition) is 0. The summed E-state index contributed by atoms with van der Waals surface area (Å²) in [5.74, 6) is 0. The van der Waals surface area contributed by atoms with E-state index in [1.807, 2.05) is 11.3 Å². The van der Waals surface area contributed by atoms with Crippen molar-refractivity contribution in [1.29, 1.82) is 0 Å². The maximum absolute atomic E-state index is 2.37. The lowest BCUT2D eigenvalue weighted by atomic mass is 10.1. The number of fused-ring (bicyclic) bond motifs is 3. The molecule has 0 amide bonds. The zero-order valence-corrected chi connectivity index (χ0v) is 15.4. The standard InChI is InChI=1S/C23H21NS/c1-3-17(4-2)24(18-10-6-5-7-11-18)19-14-15-23-21(16-19)20-12-8-9-13-22(20)25-23/h3,5-16H,4H2,1-2H3/b17-3+. The molecule has 0 aliphatic carbocycles. The molecule has 0 aliphatic heterocycles. The highest BCUT2D eigenvalue weighted by Gasteiger charge is 2.14. The fourth-order valence-corrected chi connectivity index (χ4v) is 4.49. The van der Waals surface area contributed by atoms with E-state index < -0.39 is 0 Å². The van der Waals surface area contributed by atoms with E-state index in [2.05, 4.69) is 97.6 Å². The number of allylic oxidation sites excluding steroid dienone is 2. The summed E-state index contributed by atoms with van der Waals surface area (Å²) in [5, 5.41) is 2.68. The zero-order chi connectivity index (χ0) is 17.2. The predicted octanol–water partition coefficient (Wildman–Crippen LogP) is 7.51. The maximum atomic E-state index is 2.37. The van der Waals surface area contributed by atoms with Gasteiger partial charge in [-0.25, -0.2) is 0 Å². The molecular formula is C23H21NS. The van der Waals surface area contributed by atoms with Gasteiger partial charge in [0.05, 0.1) is 0 Å². The SMILES string of the molecule is C/C=C(\CC)N(c1ccccc1)c1ccc2sc3ccccc3c2c1. The summed E-state index contributed by atoms with van der Waals surface area (Å²) in [6.45, 7) is 4.33. The van der Waals surface area contributed by atoms with E-state index in [0.29, 0.717) is 0 Å². The number of nitrogens with zero attached hydrogens (tertiary/aromatic N) is 1. The fourth-order valence-electron chi connectivity index (χ4n) is 3.40. The van der Waals surface area contributed by atoms with E-state index in [0.717, 1.165) is 6.42 Å². The number of para-hydroxylation sites is 1. The quantitative estimate of drug-likeness (QED) is 0.370. The molecule has 2 heteroatoms. The van der Waals surface area contributed by atoms with Gasteiger partial charge >= 0.3 is 0 Å². The van der Waals surface area contributed by atoms with Gasteiger partial charge in [-0.05, 0) is 49.7 Å². The Morgan fingerprint density at radius 1 is 0.840 bits per heavy atom. The molecule has 0 saturated carbocycles. The molecule has 1 heterocycles. The van der Waals surface area contributed by atoms with Gasteiger partial charge in [-0.3, -0.25) is 0 Å². The van der Waals surface area contributed by atoms with Crippen LogP contribution in [0.15, 0.2) is 84.6 Å². The monoisotopic (exact) mass is 343 g/mol. The minimum atomic E-state index is 0.994. The molecule has 0 aliphatic rings. The van der Waals surface area contributed by atoms with Gasteiger partial charge in [-0.15, -0.1) is 11.3 Å². The van der Waals surface area contributed by atoms with Crippen LogP contribution in [0.5, 0.6) is 0 Å². The third-order valence-corrected chi connectivity index (χ3v) is 5.77. The van der Waals surface area contributed by atoms with Crippen molar-refractivity contribution in [2.45, 2.75) is 20.3 Å². The summed E-state index contributed by atoms with van der Waals surface area (Å²) in [4.78, 5) is 2.37. The van der Waals surface area contributed by atoms with E-state index in [1.165, 1.54) is 37.2 Å². The molecule has 0 atom stereocenters. The molecule has 0 fully saturated rings. The molecular weight excluding hydrogens is 322 g/mol. The lowest BCUT2D eigenvalue weighted by Gasteiger charge is -2.27. The second-order valence-electron chi connectivity index (χ2n) is 6.08. The van der Waals surface area contributed by atoms with Crippen molar-refractivity contribution in [3.8, 4) is 0 Å².